The van der Waals surface area contributed by atoms with Gasteiger partial charge in [-0.3, -0.25) is 32.4 Å². The molecule has 7 rings (SSSR count). The summed E-state index contributed by atoms with van der Waals surface area (Å²) in [6, 6.07) is -0.850. The SMILES string of the molecule is Nc1nc2c(ncn2[C@@H]2O[C@@H]3COP(=O)(O)OC4[C@@H](COP(=O)(O)O[C@@H]3C2O)C[C@@H](n2cnc3c(N)ncnc32)[C@H]4O)c(=O)[nH]1. The number of anilines is 2. The Hall–Kier alpha value is -3.40. The highest BCUT2D eigenvalue weighted by atomic mass is 31.2. The summed E-state index contributed by atoms with van der Waals surface area (Å²) in [4.78, 5) is 56.0. The van der Waals surface area contributed by atoms with Gasteiger partial charge < -0.3 is 40.8 Å². The second-order valence-electron chi connectivity index (χ2n) is 10.6. The number of aliphatic hydroxyl groups excluding tert-OH is 2. The number of nitrogen functional groups attached to an aromatic ring is 2. The Morgan fingerprint density at radius 1 is 0.889 bits per heavy atom. The molecule has 1 saturated carbocycles. The van der Waals surface area contributed by atoms with E-state index < -0.39 is 83.1 Å². The molecule has 4 aromatic rings. The first-order chi connectivity index (χ1) is 21.3. The molecule has 4 aromatic heterocycles. The molecule has 0 bridgehead atoms. The summed E-state index contributed by atoms with van der Waals surface area (Å²) in [7, 11) is -9.94. The highest BCUT2D eigenvalue weighted by Gasteiger charge is 2.53. The van der Waals surface area contributed by atoms with Crippen molar-refractivity contribution in [2.45, 2.75) is 49.2 Å². The van der Waals surface area contributed by atoms with Crippen LogP contribution in [0.5, 0.6) is 0 Å². The Bertz CT molecular complexity index is 1940. The van der Waals surface area contributed by atoms with Crippen LogP contribution in [-0.4, -0.2) is 103 Å². The lowest BCUT2D eigenvalue weighted by atomic mass is 10.1. The molecular weight excluding hydrogens is 646 g/mol. The number of H-pyrrole nitrogens is 1. The monoisotopic (exact) mass is 672 g/mol. The summed E-state index contributed by atoms with van der Waals surface area (Å²) < 4.78 is 55.8. The molecule has 0 amide bonds. The van der Waals surface area contributed by atoms with Crippen molar-refractivity contribution in [3.05, 3.63) is 29.3 Å². The Kier molecular flexibility index (Phi) is 7.30. The van der Waals surface area contributed by atoms with Crippen molar-refractivity contribution >= 4 is 49.7 Å². The van der Waals surface area contributed by atoms with Gasteiger partial charge >= 0.3 is 15.6 Å². The first kappa shape index (κ1) is 30.3. The fourth-order valence-electron chi connectivity index (χ4n) is 5.85. The van der Waals surface area contributed by atoms with Gasteiger partial charge in [-0.05, 0) is 6.42 Å². The summed E-state index contributed by atoms with van der Waals surface area (Å²) in [5.74, 6) is -1.11. The molecule has 242 valence electrons. The van der Waals surface area contributed by atoms with Crippen LogP contribution >= 0.6 is 15.6 Å². The lowest BCUT2D eigenvalue weighted by Crippen LogP contribution is -2.37. The van der Waals surface area contributed by atoms with Crippen molar-refractivity contribution in [1.29, 1.82) is 0 Å². The molecule has 24 heteroatoms. The number of ether oxygens (including phenoxy) is 1. The maximum absolute atomic E-state index is 13.1. The number of phosphoric ester groups is 2. The van der Waals surface area contributed by atoms with Gasteiger partial charge in [0.2, 0.25) is 5.95 Å². The van der Waals surface area contributed by atoms with Gasteiger partial charge in [-0.1, -0.05) is 0 Å². The zero-order chi connectivity index (χ0) is 31.8. The molecule has 10 atom stereocenters. The van der Waals surface area contributed by atoms with Crippen LogP contribution in [-0.2, 0) is 32.0 Å². The van der Waals surface area contributed by atoms with Crippen LogP contribution in [0.15, 0.2) is 23.8 Å². The normalized spacial score (nSPS) is 37.7. The van der Waals surface area contributed by atoms with Crippen molar-refractivity contribution in [3.8, 4) is 0 Å². The van der Waals surface area contributed by atoms with Crippen molar-refractivity contribution in [2.24, 2.45) is 5.92 Å². The number of nitrogens with zero attached hydrogens (tertiary/aromatic N) is 7. The number of aliphatic hydroxyl groups is 2. The van der Waals surface area contributed by atoms with Crippen LogP contribution < -0.4 is 17.0 Å². The van der Waals surface area contributed by atoms with Crippen LogP contribution in [0.4, 0.5) is 11.8 Å². The van der Waals surface area contributed by atoms with Gasteiger partial charge in [0, 0.05) is 5.92 Å². The molecule has 3 aliphatic rings. The second kappa shape index (κ2) is 10.9. The van der Waals surface area contributed by atoms with Gasteiger partial charge in [0.15, 0.2) is 28.9 Å². The Labute approximate surface area is 250 Å². The number of aromatic nitrogens is 8. The number of hydrogen-bond acceptors (Lipinski definition) is 17. The first-order valence-electron chi connectivity index (χ1n) is 13.3. The molecule has 0 radical (unpaired) electrons. The summed E-state index contributed by atoms with van der Waals surface area (Å²) in [6.07, 6.45) is -5.53. The zero-order valence-electron chi connectivity index (χ0n) is 22.7. The minimum atomic E-state index is -4.98. The van der Waals surface area contributed by atoms with Gasteiger partial charge in [-0.2, -0.15) is 4.98 Å². The maximum Gasteiger partial charge on any atom is 0.472 e. The molecule has 22 nitrogen and oxygen atoms in total. The molecule has 0 aromatic carbocycles. The molecule has 2 aliphatic heterocycles. The number of nitrogens with one attached hydrogen (secondary N) is 1. The third-order valence-corrected chi connectivity index (χ3v) is 9.85. The number of phosphoric acid groups is 2. The van der Waals surface area contributed by atoms with E-state index >= 15 is 0 Å². The Morgan fingerprint density at radius 3 is 2.36 bits per heavy atom. The molecule has 9 N–H and O–H groups in total. The summed E-state index contributed by atoms with van der Waals surface area (Å²) in [5.41, 5.74) is 11.1. The minimum Gasteiger partial charge on any atom is -0.388 e. The molecule has 6 heterocycles. The van der Waals surface area contributed by atoms with E-state index in [1.54, 1.807) is 0 Å². The molecule has 2 saturated heterocycles. The van der Waals surface area contributed by atoms with E-state index in [0.29, 0.717) is 0 Å². The van der Waals surface area contributed by atoms with Gasteiger partial charge in [-0.15, -0.1) is 0 Å². The standard InChI is InChI=1S/C21H26N10O12P2/c22-16-10-17(25-4-24-16)30(5-26-10)8-1-7-2-39-44(35,36)43-15-9(3-40-45(37,38)42-14(7)12(8)32)41-20(13(15)33)31-6-27-11-18(31)28-21(23)29-19(11)34/h4-9,12-15,20,32-33H,1-3H2,(H,35,36)(H,37,38)(H2,22,24,25)(H3,23,28,29,34)/t7-,8-,9-,12-,13?,14?,15+,20-/m1/s1. The van der Waals surface area contributed by atoms with E-state index in [1.807, 2.05) is 0 Å². The van der Waals surface area contributed by atoms with Crippen LogP contribution in [0.25, 0.3) is 22.3 Å². The number of aromatic amines is 1. The maximum atomic E-state index is 13.1. The van der Waals surface area contributed by atoms with Crippen LogP contribution in [0.2, 0.25) is 0 Å². The predicted octanol–water partition coefficient (Wildman–Crippen LogP) is -1.68. The molecule has 3 fully saturated rings. The molecule has 45 heavy (non-hydrogen) atoms. The van der Waals surface area contributed by atoms with E-state index in [9.17, 15) is 33.9 Å². The fraction of sp³-hybridized carbons (Fsp3) is 0.524. The average Bonchev–Trinajstić information content (AvgIpc) is 3.72. The van der Waals surface area contributed by atoms with E-state index in [-0.39, 0.29) is 40.5 Å². The van der Waals surface area contributed by atoms with Crippen molar-refractivity contribution in [1.82, 2.24) is 39.0 Å². The minimum absolute atomic E-state index is 0.00400. The fourth-order valence-corrected chi connectivity index (χ4v) is 7.86. The Balaban J connectivity index is 1.17. The number of hydrogen-bond donors (Lipinski definition) is 7. The van der Waals surface area contributed by atoms with E-state index in [1.165, 1.54) is 17.2 Å². The largest absolute Gasteiger partial charge is 0.472 e. The quantitative estimate of drug-likeness (QED) is 0.117. The van der Waals surface area contributed by atoms with Crippen LogP contribution in [0.3, 0.4) is 0 Å². The van der Waals surface area contributed by atoms with Gasteiger partial charge in [0.05, 0.1) is 31.9 Å². The third kappa shape index (κ3) is 5.32. The zero-order valence-corrected chi connectivity index (χ0v) is 24.5. The average molecular weight is 672 g/mol. The Morgan fingerprint density at radius 2 is 1.58 bits per heavy atom. The molecule has 0 spiro atoms. The van der Waals surface area contributed by atoms with Gasteiger partial charge in [-0.25, -0.2) is 29.1 Å². The van der Waals surface area contributed by atoms with Crippen molar-refractivity contribution < 1.29 is 52.0 Å². The predicted molar refractivity (Wildman–Crippen MR) is 147 cm³/mol. The van der Waals surface area contributed by atoms with Gasteiger partial charge in [0.1, 0.15) is 42.4 Å². The van der Waals surface area contributed by atoms with Crippen molar-refractivity contribution in [2.75, 3.05) is 24.7 Å². The number of fused-ring (bicyclic) bond motifs is 4. The van der Waals surface area contributed by atoms with Crippen molar-refractivity contribution in [3.63, 3.8) is 0 Å². The number of nitrogens with two attached hydrogens (primary N) is 2. The summed E-state index contributed by atoms with van der Waals surface area (Å²) in [5, 5.41) is 22.4. The van der Waals surface area contributed by atoms with Crippen LogP contribution in [0, 0.1) is 5.92 Å². The molecule has 1 aliphatic carbocycles. The highest BCUT2D eigenvalue weighted by Crippen LogP contribution is 2.55. The highest BCUT2D eigenvalue weighted by molar-refractivity contribution is 7.47. The van der Waals surface area contributed by atoms with E-state index in [0.717, 1.165) is 10.9 Å². The van der Waals surface area contributed by atoms with Gasteiger partial charge in [0.25, 0.3) is 5.56 Å². The summed E-state index contributed by atoms with van der Waals surface area (Å²) >= 11 is 0. The lowest BCUT2D eigenvalue weighted by Gasteiger charge is -2.28. The van der Waals surface area contributed by atoms with E-state index in [4.69, 9.17) is 34.3 Å². The lowest BCUT2D eigenvalue weighted by molar-refractivity contribution is -0.0606. The van der Waals surface area contributed by atoms with E-state index in [2.05, 4.69) is 29.9 Å². The second-order valence-corrected chi connectivity index (χ2v) is 13.4. The molecule has 4 unspecified atom stereocenters. The topological polar surface area (TPSA) is 320 Å². The third-order valence-electron chi connectivity index (χ3n) is 7.88. The summed E-state index contributed by atoms with van der Waals surface area (Å²) in [6.45, 7) is -1.39. The van der Waals surface area contributed by atoms with Crippen LogP contribution in [0.1, 0.15) is 18.7 Å². The number of imidazole rings is 2. The molecular formula is C21H26N10O12P2. The first-order valence-corrected chi connectivity index (χ1v) is 16.3. The smallest absolute Gasteiger partial charge is 0.388 e. The number of rotatable bonds is 2.